The molecule has 0 unspecified atom stereocenters. The van der Waals surface area contributed by atoms with Crippen LogP contribution in [-0.2, 0) is 4.74 Å². The average Bonchev–Trinajstić information content (AvgIpc) is 3.12. The first kappa shape index (κ1) is 16.7. The fourth-order valence-electron chi connectivity index (χ4n) is 3.06. The molecular weight excluding hydrogens is 330 g/mol. The number of para-hydroxylation sites is 1. The third-order valence-electron chi connectivity index (χ3n) is 4.50. The van der Waals surface area contributed by atoms with Crippen molar-refractivity contribution in [2.45, 2.75) is 0 Å². The number of hydrogen-bond donors (Lipinski definition) is 1. The van der Waals surface area contributed by atoms with Crippen molar-refractivity contribution in [2.24, 2.45) is 0 Å². The number of morpholine rings is 1. The number of carbonyl (C=O) groups is 1. The third kappa shape index (κ3) is 3.58. The summed E-state index contributed by atoms with van der Waals surface area (Å²) >= 11 is 0. The standard InChI is InChI=1S/C19H21N5O2/c25-19(20-6-7-23-8-10-26-11-9-23)15-12-17-18(21-13-15)24(14-22-17)16-4-2-1-3-5-16/h1-5,12-14H,6-11H2,(H,20,25). The summed E-state index contributed by atoms with van der Waals surface area (Å²) < 4.78 is 7.24. The van der Waals surface area contributed by atoms with Gasteiger partial charge in [-0.25, -0.2) is 9.97 Å². The van der Waals surface area contributed by atoms with Gasteiger partial charge in [0.2, 0.25) is 0 Å². The fraction of sp³-hybridized carbons (Fsp3) is 0.316. The maximum Gasteiger partial charge on any atom is 0.252 e. The molecule has 7 nitrogen and oxygen atoms in total. The number of carbonyl (C=O) groups excluding carboxylic acids is 1. The highest BCUT2D eigenvalue weighted by atomic mass is 16.5. The number of imidazole rings is 1. The monoisotopic (exact) mass is 351 g/mol. The van der Waals surface area contributed by atoms with E-state index in [1.165, 1.54) is 0 Å². The summed E-state index contributed by atoms with van der Waals surface area (Å²) in [6.07, 6.45) is 3.33. The lowest BCUT2D eigenvalue weighted by Crippen LogP contribution is -2.41. The lowest BCUT2D eigenvalue weighted by Gasteiger charge is -2.26. The summed E-state index contributed by atoms with van der Waals surface area (Å²) in [5, 5.41) is 2.95. The van der Waals surface area contributed by atoms with Crippen molar-refractivity contribution in [3.63, 3.8) is 0 Å². The Balaban J connectivity index is 1.43. The van der Waals surface area contributed by atoms with Crippen LogP contribution in [0.25, 0.3) is 16.9 Å². The van der Waals surface area contributed by atoms with Crippen molar-refractivity contribution in [2.75, 3.05) is 39.4 Å². The molecule has 0 saturated carbocycles. The quantitative estimate of drug-likeness (QED) is 0.754. The van der Waals surface area contributed by atoms with Gasteiger partial charge in [0.05, 0.1) is 18.8 Å². The van der Waals surface area contributed by atoms with Crippen molar-refractivity contribution < 1.29 is 9.53 Å². The van der Waals surface area contributed by atoms with Gasteiger partial charge >= 0.3 is 0 Å². The van der Waals surface area contributed by atoms with E-state index in [2.05, 4.69) is 20.2 Å². The van der Waals surface area contributed by atoms with Crippen molar-refractivity contribution in [3.8, 4) is 5.69 Å². The van der Waals surface area contributed by atoms with Gasteiger partial charge in [0, 0.05) is 38.1 Å². The van der Waals surface area contributed by atoms with Crippen LogP contribution in [0.3, 0.4) is 0 Å². The summed E-state index contributed by atoms with van der Waals surface area (Å²) in [4.78, 5) is 23.5. The highest BCUT2D eigenvalue weighted by Gasteiger charge is 2.13. The first-order valence-corrected chi connectivity index (χ1v) is 8.78. The average molecular weight is 351 g/mol. The van der Waals surface area contributed by atoms with E-state index in [-0.39, 0.29) is 5.91 Å². The van der Waals surface area contributed by atoms with E-state index in [4.69, 9.17) is 4.74 Å². The molecule has 1 aliphatic heterocycles. The largest absolute Gasteiger partial charge is 0.379 e. The third-order valence-corrected chi connectivity index (χ3v) is 4.50. The van der Waals surface area contributed by atoms with Gasteiger partial charge < -0.3 is 10.1 Å². The highest BCUT2D eigenvalue weighted by molar-refractivity contribution is 5.96. The van der Waals surface area contributed by atoms with Crippen molar-refractivity contribution >= 4 is 17.1 Å². The Morgan fingerprint density at radius 1 is 1.15 bits per heavy atom. The van der Waals surface area contributed by atoms with E-state index >= 15 is 0 Å². The molecule has 4 rings (SSSR count). The SMILES string of the molecule is O=C(NCCN1CCOCC1)c1cnc2c(c1)ncn2-c1ccccc1. The molecule has 1 saturated heterocycles. The summed E-state index contributed by atoms with van der Waals surface area (Å²) in [5.41, 5.74) is 2.96. The lowest BCUT2D eigenvalue weighted by molar-refractivity contribution is 0.0383. The molecule has 0 spiro atoms. The molecule has 2 aromatic heterocycles. The van der Waals surface area contributed by atoms with E-state index in [1.807, 2.05) is 34.9 Å². The van der Waals surface area contributed by atoms with Crippen LogP contribution in [0, 0.1) is 0 Å². The van der Waals surface area contributed by atoms with Gasteiger partial charge in [0.25, 0.3) is 5.91 Å². The Morgan fingerprint density at radius 3 is 2.77 bits per heavy atom. The summed E-state index contributed by atoms with van der Waals surface area (Å²) in [5.74, 6) is -0.123. The van der Waals surface area contributed by atoms with Gasteiger partial charge in [0.15, 0.2) is 5.65 Å². The maximum atomic E-state index is 12.4. The van der Waals surface area contributed by atoms with Crippen LogP contribution >= 0.6 is 0 Å². The second-order valence-electron chi connectivity index (χ2n) is 6.23. The Morgan fingerprint density at radius 2 is 1.96 bits per heavy atom. The van der Waals surface area contributed by atoms with E-state index < -0.39 is 0 Å². The molecule has 134 valence electrons. The number of benzene rings is 1. The molecule has 3 heterocycles. The Bertz CT molecular complexity index is 887. The summed E-state index contributed by atoms with van der Waals surface area (Å²) in [6.45, 7) is 4.79. The topological polar surface area (TPSA) is 72.3 Å². The Labute approximate surface area is 151 Å². The minimum absolute atomic E-state index is 0.123. The van der Waals surface area contributed by atoms with Gasteiger partial charge in [-0.1, -0.05) is 18.2 Å². The second kappa shape index (κ2) is 7.63. The van der Waals surface area contributed by atoms with Crippen LogP contribution in [0.4, 0.5) is 0 Å². The highest BCUT2D eigenvalue weighted by Crippen LogP contribution is 2.17. The Kier molecular flexibility index (Phi) is 4.90. The molecule has 1 N–H and O–H groups in total. The molecule has 3 aromatic rings. The number of pyridine rings is 1. The number of amides is 1. The minimum Gasteiger partial charge on any atom is -0.379 e. The molecule has 26 heavy (non-hydrogen) atoms. The normalized spacial score (nSPS) is 15.2. The Hall–Kier alpha value is -2.77. The van der Waals surface area contributed by atoms with Crippen LogP contribution in [0.2, 0.25) is 0 Å². The molecule has 7 heteroatoms. The zero-order chi connectivity index (χ0) is 17.8. The minimum atomic E-state index is -0.123. The first-order chi connectivity index (χ1) is 12.8. The molecule has 1 aliphatic rings. The van der Waals surface area contributed by atoms with Crippen molar-refractivity contribution in [3.05, 3.63) is 54.5 Å². The summed E-state index contributed by atoms with van der Waals surface area (Å²) in [6, 6.07) is 11.7. The molecule has 1 fully saturated rings. The molecule has 1 amide bonds. The molecule has 0 aliphatic carbocycles. The predicted octanol–water partition coefficient (Wildman–Crippen LogP) is 1.48. The van der Waals surface area contributed by atoms with Gasteiger partial charge in [-0.2, -0.15) is 0 Å². The molecule has 1 aromatic carbocycles. The van der Waals surface area contributed by atoms with Crippen LogP contribution in [-0.4, -0.2) is 64.7 Å². The van der Waals surface area contributed by atoms with Gasteiger partial charge in [-0.05, 0) is 18.2 Å². The second-order valence-corrected chi connectivity index (χ2v) is 6.23. The number of aromatic nitrogens is 3. The maximum absolute atomic E-state index is 12.4. The number of nitrogens with one attached hydrogen (secondary N) is 1. The van der Waals surface area contributed by atoms with E-state index in [0.717, 1.165) is 44.2 Å². The van der Waals surface area contributed by atoms with Gasteiger partial charge in [-0.15, -0.1) is 0 Å². The van der Waals surface area contributed by atoms with Crippen LogP contribution in [0.1, 0.15) is 10.4 Å². The summed E-state index contributed by atoms with van der Waals surface area (Å²) in [7, 11) is 0. The molecule has 0 bridgehead atoms. The first-order valence-electron chi connectivity index (χ1n) is 8.78. The van der Waals surface area contributed by atoms with Crippen LogP contribution < -0.4 is 5.32 Å². The van der Waals surface area contributed by atoms with Gasteiger partial charge in [-0.3, -0.25) is 14.3 Å². The zero-order valence-corrected chi connectivity index (χ0v) is 14.5. The number of fused-ring (bicyclic) bond motifs is 1. The van der Waals surface area contributed by atoms with E-state index in [0.29, 0.717) is 17.6 Å². The fourth-order valence-corrected chi connectivity index (χ4v) is 3.06. The number of hydrogen-bond acceptors (Lipinski definition) is 5. The lowest BCUT2D eigenvalue weighted by atomic mass is 10.2. The predicted molar refractivity (Wildman–Crippen MR) is 98.5 cm³/mol. The van der Waals surface area contributed by atoms with Crippen LogP contribution in [0.5, 0.6) is 0 Å². The smallest absolute Gasteiger partial charge is 0.252 e. The number of ether oxygens (including phenoxy) is 1. The van der Waals surface area contributed by atoms with E-state index in [9.17, 15) is 4.79 Å². The number of nitrogens with zero attached hydrogens (tertiary/aromatic N) is 4. The van der Waals surface area contributed by atoms with Crippen molar-refractivity contribution in [1.29, 1.82) is 0 Å². The van der Waals surface area contributed by atoms with Crippen molar-refractivity contribution in [1.82, 2.24) is 24.8 Å². The van der Waals surface area contributed by atoms with E-state index in [1.54, 1.807) is 18.6 Å². The molecule has 0 radical (unpaired) electrons. The van der Waals surface area contributed by atoms with Crippen LogP contribution in [0.15, 0.2) is 48.9 Å². The van der Waals surface area contributed by atoms with Gasteiger partial charge in [0.1, 0.15) is 11.8 Å². The zero-order valence-electron chi connectivity index (χ0n) is 14.5. The molecular formula is C19H21N5O2. The number of rotatable bonds is 5. The molecule has 0 atom stereocenters.